The van der Waals surface area contributed by atoms with Crippen LogP contribution in [0.15, 0.2) is 89.3 Å². The SMILES string of the molecule is C[C@H](OC(=O)c1ccc(OCc2ccccc2)cc1)c1nnc(-c2ccccc2)o1. The maximum atomic E-state index is 12.4. The minimum atomic E-state index is -0.670. The van der Waals surface area contributed by atoms with Crippen LogP contribution < -0.4 is 4.74 Å². The van der Waals surface area contributed by atoms with Gasteiger partial charge in [0.2, 0.25) is 5.89 Å². The summed E-state index contributed by atoms with van der Waals surface area (Å²) in [7, 11) is 0. The Morgan fingerprint density at radius 3 is 2.27 bits per heavy atom. The fraction of sp³-hybridized carbons (Fsp3) is 0.125. The van der Waals surface area contributed by atoms with Gasteiger partial charge < -0.3 is 13.9 Å². The third kappa shape index (κ3) is 4.72. The number of ether oxygens (including phenoxy) is 2. The fourth-order valence-corrected chi connectivity index (χ4v) is 2.80. The van der Waals surface area contributed by atoms with E-state index in [4.69, 9.17) is 13.9 Å². The van der Waals surface area contributed by atoms with E-state index in [1.807, 2.05) is 60.7 Å². The summed E-state index contributed by atoms with van der Waals surface area (Å²) >= 11 is 0. The van der Waals surface area contributed by atoms with Gasteiger partial charge in [0.05, 0.1) is 5.56 Å². The fourth-order valence-electron chi connectivity index (χ4n) is 2.80. The van der Waals surface area contributed by atoms with Crippen LogP contribution in [0.2, 0.25) is 0 Å². The molecule has 1 heterocycles. The molecular formula is C24H20N2O4. The van der Waals surface area contributed by atoms with E-state index >= 15 is 0 Å². The molecular weight excluding hydrogens is 380 g/mol. The highest BCUT2D eigenvalue weighted by molar-refractivity contribution is 5.89. The van der Waals surface area contributed by atoms with Crippen LogP contribution >= 0.6 is 0 Å². The molecule has 0 aliphatic carbocycles. The van der Waals surface area contributed by atoms with Crippen molar-refractivity contribution in [1.29, 1.82) is 0 Å². The summed E-state index contributed by atoms with van der Waals surface area (Å²) in [6, 6.07) is 26.1. The van der Waals surface area contributed by atoms with Crippen LogP contribution in [0.5, 0.6) is 5.75 Å². The van der Waals surface area contributed by atoms with Crippen molar-refractivity contribution in [2.45, 2.75) is 19.6 Å². The Labute approximate surface area is 174 Å². The molecule has 0 radical (unpaired) electrons. The topological polar surface area (TPSA) is 74.5 Å². The predicted octanol–water partition coefficient (Wildman–Crippen LogP) is 5.23. The molecule has 0 N–H and O–H groups in total. The minimum absolute atomic E-state index is 0.241. The van der Waals surface area contributed by atoms with Gasteiger partial charge in [-0.3, -0.25) is 0 Å². The van der Waals surface area contributed by atoms with Crippen molar-refractivity contribution in [3.63, 3.8) is 0 Å². The first-order valence-electron chi connectivity index (χ1n) is 9.55. The number of carbonyl (C=O) groups is 1. The van der Waals surface area contributed by atoms with Gasteiger partial charge in [-0.05, 0) is 48.9 Å². The van der Waals surface area contributed by atoms with Gasteiger partial charge in [0.25, 0.3) is 5.89 Å². The van der Waals surface area contributed by atoms with Crippen LogP contribution in [-0.2, 0) is 11.3 Å². The van der Waals surface area contributed by atoms with Gasteiger partial charge in [0.15, 0.2) is 6.10 Å². The quantitative estimate of drug-likeness (QED) is 0.395. The summed E-state index contributed by atoms with van der Waals surface area (Å²) in [5.41, 5.74) is 2.29. The summed E-state index contributed by atoms with van der Waals surface area (Å²) in [4.78, 5) is 12.4. The molecule has 6 nitrogen and oxygen atoms in total. The second kappa shape index (κ2) is 9.05. The largest absolute Gasteiger partial charge is 0.489 e. The number of nitrogens with zero attached hydrogens (tertiary/aromatic N) is 2. The van der Waals surface area contributed by atoms with E-state index in [0.29, 0.717) is 23.8 Å². The normalized spacial score (nSPS) is 11.6. The van der Waals surface area contributed by atoms with Crippen molar-refractivity contribution in [2.75, 3.05) is 0 Å². The molecule has 150 valence electrons. The second-order valence-corrected chi connectivity index (χ2v) is 6.66. The molecule has 1 aromatic heterocycles. The lowest BCUT2D eigenvalue weighted by Crippen LogP contribution is -2.09. The lowest BCUT2D eigenvalue weighted by Gasteiger charge is -2.10. The first-order valence-corrected chi connectivity index (χ1v) is 9.55. The number of carbonyl (C=O) groups excluding carboxylic acids is 1. The van der Waals surface area contributed by atoms with Crippen molar-refractivity contribution < 1.29 is 18.7 Å². The van der Waals surface area contributed by atoms with Gasteiger partial charge in [-0.1, -0.05) is 48.5 Å². The molecule has 4 rings (SSSR count). The average molecular weight is 400 g/mol. The van der Waals surface area contributed by atoms with Gasteiger partial charge in [-0.2, -0.15) is 0 Å². The van der Waals surface area contributed by atoms with Crippen molar-refractivity contribution in [3.05, 3.63) is 102 Å². The van der Waals surface area contributed by atoms with Gasteiger partial charge in [0.1, 0.15) is 12.4 Å². The Hall–Kier alpha value is -3.93. The van der Waals surface area contributed by atoms with Crippen molar-refractivity contribution in [3.8, 4) is 17.2 Å². The maximum absolute atomic E-state index is 12.4. The van der Waals surface area contributed by atoms with E-state index in [9.17, 15) is 4.79 Å². The molecule has 0 unspecified atom stereocenters. The van der Waals surface area contributed by atoms with E-state index in [1.54, 1.807) is 31.2 Å². The molecule has 0 bridgehead atoms. The van der Waals surface area contributed by atoms with Crippen molar-refractivity contribution in [1.82, 2.24) is 10.2 Å². The zero-order chi connectivity index (χ0) is 20.8. The molecule has 0 aliphatic heterocycles. The Morgan fingerprint density at radius 2 is 1.57 bits per heavy atom. The van der Waals surface area contributed by atoms with Crippen LogP contribution in [0.3, 0.4) is 0 Å². The second-order valence-electron chi connectivity index (χ2n) is 6.66. The molecule has 0 saturated heterocycles. The number of aromatic nitrogens is 2. The number of hydrogen-bond acceptors (Lipinski definition) is 6. The smallest absolute Gasteiger partial charge is 0.338 e. The highest BCUT2D eigenvalue weighted by atomic mass is 16.6. The number of rotatable bonds is 7. The molecule has 0 aliphatic rings. The van der Waals surface area contributed by atoms with E-state index in [0.717, 1.165) is 11.1 Å². The van der Waals surface area contributed by atoms with E-state index in [-0.39, 0.29) is 5.89 Å². The van der Waals surface area contributed by atoms with Crippen LogP contribution in [-0.4, -0.2) is 16.2 Å². The summed E-state index contributed by atoms with van der Waals surface area (Å²) in [5.74, 6) is 0.822. The zero-order valence-electron chi connectivity index (χ0n) is 16.4. The third-order valence-electron chi connectivity index (χ3n) is 4.43. The van der Waals surface area contributed by atoms with Gasteiger partial charge in [-0.25, -0.2) is 4.79 Å². The molecule has 0 saturated carbocycles. The van der Waals surface area contributed by atoms with E-state index in [2.05, 4.69) is 10.2 Å². The molecule has 6 heteroatoms. The van der Waals surface area contributed by atoms with Crippen LogP contribution in [0.25, 0.3) is 11.5 Å². The highest BCUT2D eigenvalue weighted by Gasteiger charge is 2.20. The lowest BCUT2D eigenvalue weighted by atomic mass is 10.2. The molecule has 0 spiro atoms. The molecule has 4 aromatic rings. The van der Waals surface area contributed by atoms with Gasteiger partial charge in [-0.15, -0.1) is 10.2 Å². The molecule has 0 amide bonds. The van der Waals surface area contributed by atoms with E-state index in [1.165, 1.54) is 0 Å². The Balaban J connectivity index is 1.35. The van der Waals surface area contributed by atoms with E-state index < -0.39 is 12.1 Å². The summed E-state index contributed by atoms with van der Waals surface area (Å²) in [6.07, 6.45) is -0.670. The van der Waals surface area contributed by atoms with Crippen LogP contribution in [0, 0.1) is 0 Å². The number of esters is 1. The van der Waals surface area contributed by atoms with Crippen LogP contribution in [0.1, 0.15) is 34.8 Å². The maximum Gasteiger partial charge on any atom is 0.338 e. The molecule has 3 aromatic carbocycles. The average Bonchev–Trinajstić information content (AvgIpc) is 3.30. The summed E-state index contributed by atoms with van der Waals surface area (Å²) in [6.45, 7) is 2.15. The summed E-state index contributed by atoms with van der Waals surface area (Å²) < 4.78 is 16.8. The zero-order valence-corrected chi connectivity index (χ0v) is 16.4. The van der Waals surface area contributed by atoms with Crippen LogP contribution in [0.4, 0.5) is 0 Å². The predicted molar refractivity (Wildman–Crippen MR) is 111 cm³/mol. The van der Waals surface area contributed by atoms with Crippen molar-refractivity contribution >= 4 is 5.97 Å². The summed E-state index contributed by atoms with van der Waals surface area (Å²) in [5, 5.41) is 8.01. The Bertz CT molecular complexity index is 1090. The molecule has 30 heavy (non-hydrogen) atoms. The first-order chi connectivity index (χ1) is 14.7. The highest BCUT2D eigenvalue weighted by Crippen LogP contribution is 2.23. The Kier molecular flexibility index (Phi) is 5.85. The first kappa shape index (κ1) is 19.4. The number of benzene rings is 3. The van der Waals surface area contributed by atoms with Gasteiger partial charge >= 0.3 is 5.97 Å². The third-order valence-corrected chi connectivity index (χ3v) is 4.43. The van der Waals surface area contributed by atoms with Gasteiger partial charge in [0, 0.05) is 5.56 Å². The molecule has 0 fully saturated rings. The standard InChI is InChI=1S/C24H20N2O4/c1-17(22-25-26-23(30-22)19-10-6-3-7-11-19)29-24(27)20-12-14-21(15-13-20)28-16-18-8-4-2-5-9-18/h2-15,17H,16H2,1H3/t17-/m0/s1. The Morgan fingerprint density at radius 1 is 0.900 bits per heavy atom. The van der Waals surface area contributed by atoms with Crippen molar-refractivity contribution in [2.24, 2.45) is 0 Å². The monoisotopic (exact) mass is 400 g/mol. The lowest BCUT2D eigenvalue weighted by molar-refractivity contribution is 0.0280. The molecule has 1 atom stereocenters. The number of hydrogen-bond donors (Lipinski definition) is 0. The minimum Gasteiger partial charge on any atom is -0.489 e.